The average Bonchev–Trinajstić information content (AvgIpc) is 3.84. The Kier molecular flexibility index (Phi) is 10.8. The summed E-state index contributed by atoms with van der Waals surface area (Å²) in [5.74, 6) is -0.398. The summed E-state index contributed by atoms with van der Waals surface area (Å²) in [6.07, 6.45) is 3.03. The van der Waals surface area contributed by atoms with E-state index >= 15 is 0 Å². The molecule has 14 nitrogen and oxygen atoms in total. The number of phenolic OH excluding ortho intramolecular Hbond substituents is 1. The molecule has 3 aromatic heterocycles. The molecule has 2 aromatic carbocycles. The number of phenols is 1. The van der Waals surface area contributed by atoms with Gasteiger partial charge in [-0.2, -0.15) is 0 Å². The number of pyridine rings is 1. The smallest absolute Gasteiger partial charge is 0.277 e. The van der Waals surface area contributed by atoms with Crippen molar-refractivity contribution in [3.63, 3.8) is 0 Å². The minimum atomic E-state index is -0.455. The molecule has 15 heteroatoms. The van der Waals surface area contributed by atoms with Crippen LogP contribution in [0.2, 0.25) is 0 Å². The van der Waals surface area contributed by atoms with Crippen molar-refractivity contribution in [3.8, 4) is 5.75 Å². The lowest BCUT2D eigenvalue weighted by Gasteiger charge is -2.17. The summed E-state index contributed by atoms with van der Waals surface area (Å²) in [6, 6.07) is 12.6. The van der Waals surface area contributed by atoms with Gasteiger partial charge in [0.1, 0.15) is 17.1 Å². The summed E-state index contributed by atoms with van der Waals surface area (Å²) >= 11 is 6.34. The number of anilines is 2. The van der Waals surface area contributed by atoms with E-state index in [2.05, 4.69) is 25.6 Å². The van der Waals surface area contributed by atoms with Crippen molar-refractivity contribution >= 4 is 56.6 Å². The number of aromatic hydroxyl groups is 1. The van der Waals surface area contributed by atoms with Gasteiger partial charge in [0.2, 0.25) is 0 Å². The Morgan fingerprint density at radius 3 is 2.50 bits per heavy atom. The summed E-state index contributed by atoms with van der Waals surface area (Å²) in [5, 5.41) is 23.7. The molecule has 0 bridgehead atoms. The zero-order valence-electron chi connectivity index (χ0n) is 26.4. The number of aromatic nitrogens is 5. The summed E-state index contributed by atoms with van der Waals surface area (Å²) < 4.78 is 22.8. The van der Waals surface area contributed by atoms with Gasteiger partial charge in [0.05, 0.1) is 76.6 Å². The molecule has 0 aliphatic carbocycles. The SMILES string of the molecule is COCCOCCOCCOCCn1cc(C(=O)Nc2cnc3[nH]c(C(=O)N4C[C@@H](CCl)c5c4cc(O)c4ccccc54)cc3c2)nn1. The number of rotatable bonds is 16. The number of benzene rings is 2. The first-order valence-electron chi connectivity index (χ1n) is 15.5. The van der Waals surface area contributed by atoms with Crippen LogP contribution in [0.25, 0.3) is 21.8 Å². The fraction of sp³-hybridized carbons (Fsp3) is 0.364. The molecule has 1 aliphatic rings. The second-order valence-electron chi connectivity index (χ2n) is 11.1. The number of nitrogens with zero attached hydrogens (tertiary/aromatic N) is 5. The van der Waals surface area contributed by atoms with Crippen molar-refractivity contribution in [2.24, 2.45) is 0 Å². The Bertz CT molecular complexity index is 1900. The summed E-state index contributed by atoms with van der Waals surface area (Å²) in [5.41, 5.74) is 2.94. The van der Waals surface area contributed by atoms with E-state index in [-0.39, 0.29) is 23.3 Å². The van der Waals surface area contributed by atoms with Crippen LogP contribution in [0.3, 0.4) is 0 Å². The van der Waals surface area contributed by atoms with Gasteiger partial charge in [-0.15, -0.1) is 16.7 Å². The number of amides is 2. The number of nitrogens with one attached hydrogen (secondary N) is 2. The number of methoxy groups -OCH3 is 1. The number of hydrogen-bond acceptors (Lipinski definition) is 10. The zero-order valence-corrected chi connectivity index (χ0v) is 27.1. The molecule has 0 saturated carbocycles. The van der Waals surface area contributed by atoms with E-state index in [4.69, 9.17) is 30.5 Å². The molecule has 0 fully saturated rings. The van der Waals surface area contributed by atoms with Gasteiger partial charge in [-0.1, -0.05) is 29.5 Å². The predicted octanol–water partition coefficient (Wildman–Crippen LogP) is 3.94. The Morgan fingerprint density at radius 2 is 1.75 bits per heavy atom. The highest BCUT2D eigenvalue weighted by atomic mass is 35.5. The summed E-state index contributed by atoms with van der Waals surface area (Å²) in [4.78, 5) is 35.8. The molecule has 2 amide bonds. The number of hydrogen-bond donors (Lipinski definition) is 3. The lowest BCUT2D eigenvalue weighted by atomic mass is 9.95. The Labute approximate surface area is 280 Å². The molecule has 5 aromatic rings. The second-order valence-corrected chi connectivity index (χ2v) is 11.4. The van der Waals surface area contributed by atoms with Gasteiger partial charge in [0, 0.05) is 42.3 Å². The molecular weight excluding hydrogens is 642 g/mol. The topological polar surface area (TPSA) is 166 Å². The van der Waals surface area contributed by atoms with Gasteiger partial charge in [-0.05, 0) is 23.1 Å². The minimum absolute atomic E-state index is 0.0898. The molecule has 1 atom stereocenters. The van der Waals surface area contributed by atoms with E-state index in [9.17, 15) is 14.7 Å². The van der Waals surface area contributed by atoms with Crippen molar-refractivity contribution in [1.82, 2.24) is 25.0 Å². The predicted molar refractivity (Wildman–Crippen MR) is 179 cm³/mol. The minimum Gasteiger partial charge on any atom is -0.507 e. The maximum Gasteiger partial charge on any atom is 0.277 e. The van der Waals surface area contributed by atoms with E-state index in [1.165, 1.54) is 17.1 Å². The molecule has 0 radical (unpaired) electrons. The first kappa shape index (κ1) is 33.3. The molecule has 3 N–H and O–H groups in total. The lowest BCUT2D eigenvalue weighted by Crippen LogP contribution is -2.30. The van der Waals surface area contributed by atoms with E-state index in [1.54, 1.807) is 30.2 Å². The maximum atomic E-state index is 13.8. The van der Waals surface area contributed by atoms with E-state index in [0.29, 0.717) is 93.3 Å². The van der Waals surface area contributed by atoms with Crippen molar-refractivity contribution in [3.05, 3.63) is 71.8 Å². The maximum absolute atomic E-state index is 13.8. The largest absolute Gasteiger partial charge is 0.507 e. The highest BCUT2D eigenvalue weighted by Crippen LogP contribution is 2.45. The molecule has 1 aliphatic heterocycles. The van der Waals surface area contributed by atoms with Crippen LogP contribution in [-0.4, -0.2) is 108 Å². The number of fused-ring (bicyclic) bond motifs is 4. The van der Waals surface area contributed by atoms with E-state index in [0.717, 1.165) is 16.3 Å². The number of aromatic amines is 1. The molecule has 0 spiro atoms. The lowest BCUT2D eigenvalue weighted by molar-refractivity contribution is 0.00244. The van der Waals surface area contributed by atoms with Crippen LogP contribution in [0.15, 0.2) is 54.9 Å². The third kappa shape index (κ3) is 7.42. The van der Waals surface area contributed by atoms with Crippen LogP contribution < -0.4 is 10.2 Å². The molecule has 6 rings (SSSR count). The highest BCUT2D eigenvalue weighted by Gasteiger charge is 2.35. The van der Waals surface area contributed by atoms with Crippen LogP contribution in [0.5, 0.6) is 5.75 Å². The number of carbonyl (C=O) groups is 2. The number of H-pyrrole nitrogens is 1. The van der Waals surface area contributed by atoms with Crippen molar-refractivity contribution < 1.29 is 33.6 Å². The highest BCUT2D eigenvalue weighted by molar-refractivity contribution is 6.19. The second kappa shape index (κ2) is 15.5. The fourth-order valence-electron chi connectivity index (χ4n) is 5.64. The first-order valence-corrected chi connectivity index (χ1v) is 16.0. The summed E-state index contributed by atoms with van der Waals surface area (Å²) in [7, 11) is 1.62. The molecule has 0 unspecified atom stereocenters. The third-order valence-corrected chi connectivity index (χ3v) is 8.32. The van der Waals surface area contributed by atoms with Gasteiger partial charge in [-0.25, -0.2) is 9.67 Å². The third-order valence-electron chi connectivity index (χ3n) is 7.95. The normalized spacial score (nSPS) is 14.2. The van der Waals surface area contributed by atoms with Crippen LogP contribution in [0.1, 0.15) is 32.5 Å². The van der Waals surface area contributed by atoms with E-state index in [1.807, 2.05) is 24.3 Å². The summed E-state index contributed by atoms with van der Waals surface area (Å²) in [6.45, 7) is 4.09. The zero-order chi connectivity index (χ0) is 33.5. The van der Waals surface area contributed by atoms with Gasteiger partial charge >= 0.3 is 0 Å². The first-order chi connectivity index (χ1) is 23.5. The average molecular weight is 678 g/mol. The number of ether oxygens (including phenoxy) is 4. The van der Waals surface area contributed by atoms with Gasteiger partial charge < -0.3 is 39.3 Å². The van der Waals surface area contributed by atoms with E-state index < -0.39 is 5.91 Å². The number of carbonyl (C=O) groups excluding carboxylic acids is 2. The molecule has 252 valence electrons. The molecular formula is C33H36ClN7O7. The fourth-order valence-corrected chi connectivity index (χ4v) is 5.89. The van der Waals surface area contributed by atoms with Crippen LogP contribution in [0.4, 0.5) is 11.4 Å². The molecule has 0 saturated heterocycles. The van der Waals surface area contributed by atoms with Gasteiger partial charge in [-0.3, -0.25) is 9.59 Å². The standard InChI is InChI=1S/C33H36ClN7O7/c1-45-8-9-47-12-13-48-11-10-46-7-6-40-20-27(38-39-40)32(43)36-23-14-21-15-26(37-31(21)35-18-23)33(44)41-19-22(17-34)30-25-5-3-2-4-24(25)29(42)16-28(30)41/h2-5,14-16,18,20,22,42H,6-13,17,19H2,1H3,(H,35,37)(H,36,43)/t22-/m1/s1. The van der Waals surface area contributed by atoms with Gasteiger partial charge in [0.25, 0.3) is 11.8 Å². The molecule has 48 heavy (non-hydrogen) atoms. The van der Waals surface area contributed by atoms with Crippen molar-refractivity contribution in [2.75, 3.05) is 76.0 Å². The van der Waals surface area contributed by atoms with Crippen LogP contribution >= 0.6 is 11.6 Å². The Balaban J connectivity index is 1.03. The number of alkyl halides is 1. The van der Waals surface area contributed by atoms with Crippen LogP contribution in [0, 0.1) is 0 Å². The van der Waals surface area contributed by atoms with Gasteiger partial charge in [0.15, 0.2) is 5.69 Å². The molecule has 4 heterocycles. The van der Waals surface area contributed by atoms with Crippen molar-refractivity contribution in [2.45, 2.75) is 12.5 Å². The quantitative estimate of drug-likeness (QED) is 0.103. The Hall–Kier alpha value is -4.60. The monoisotopic (exact) mass is 677 g/mol. The Morgan fingerprint density at radius 1 is 1.02 bits per heavy atom. The number of halogens is 1. The van der Waals surface area contributed by atoms with Crippen molar-refractivity contribution in [1.29, 1.82) is 0 Å². The van der Waals surface area contributed by atoms with Crippen LogP contribution in [-0.2, 0) is 25.5 Å².